The molecule has 4 nitrogen and oxygen atoms in total. The number of aromatic nitrogens is 3. The SMILES string of the molecule is CC(C)(C)c1ccnc(-c2[c-]cc(F)cc2)c1.CC(C)c1cc(-c2ccccc2)cc(C(C)C)c1-n1c(-c2[c-]ccc3c2oc2cc(-c4ccccc4)ccc23)nc2ccccc21.[Ir]. The maximum absolute atomic E-state index is 12.8. The van der Waals surface area contributed by atoms with Gasteiger partial charge in [0.1, 0.15) is 5.58 Å². The minimum atomic E-state index is -0.277. The minimum Gasteiger partial charge on any atom is -0.501 e. The van der Waals surface area contributed by atoms with Crippen LogP contribution in [-0.2, 0) is 25.5 Å². The largest absolute Gasteiger partial charge is 0.501 e. The number of hydrogen-bond acceptors (Lipinski definition) is 3. The predicted octanol–water partition coefficient (Wildman–Crippen LogP) is 16.0. The zero-order chi connectivity index (χ0) is 43.8. The molecule has 0 spiro atoms. The summed E-state index contributed by atoms with van der Waals surface area (Å²) in [7, 11) is 0. The van der Waals surface area contributed by atoms with E-state index >= 15 is 0 Å². The van der Waals surface area contributed by atoms with Gasteiger partial charge in [0.2, 0.25) is 0 Å². The fraction of sp³-hybridized carbons (Fsp3) is 0.172. The van der Waals surface area contributed by atoms with Crippen molar-refractivity contribution in [3.63, 3.8) is 0 Å². The van der Waals surface area contributed by atoms with Crippen molar-refractivity contribution in [3.05, 3.63) is 199 Å². The maximum atomic E-state index is 12.8. The molecule has 0 bridgehead atoms. The third-order valence-electron chi connectivity index (χ3n) is 11.7. The number of pyridine rings is 1. The van der Waals surface area contributed by atoms with Gasteiger partial charge in [-0.15, -0.1) is 48.0 Å². The van der Waals surface area contributed by atoms with Gasteiger partial charge in [0.25, 0.3) is 0 Å². The van der Waals surface area contributed by atoms with Gasteiger partial charge in [0.15, 0.2) is 0 Å². The van der Waals surface area contributed by atoms with Crippen molar-refractivity contribution in [1.82, 2.24) is 14.5 Å². The fourth-order valence-electron chi connectivity index (χ4n) is 8.36. The van der Waals surface area contributed by atoms with E-state index in [0.29, 0.717) is 0 Å². The van der Waals surface area contributed by atoms with Crippen molar-refractivity contribution in [1.29, 1.82) is 0 Å². The van der Waals surface area contributed by atoms with Crippen LogP contribution in [0.3, 0.4) is 0 Å². The topological polar surface area (TPSA) is 43.9 Å². The van der Waals surface area contributed by atoms with Crippen LogP contribution in [0, 0.1) is 17.9 Å². The number of rotatable bonds is 7. The number of benzene rings is 7. The molecule has 0 aliphatic carbocycles. The third-order valence-corrected chi connectivity index (χ3v) is 11.7. The van der Waals surface area contributed by atoms with Crippen molar-refractivity contribution in [2.75, 3.05) is 0 Å². The molecular formula is C58H50FIrN3O-2. The second kappa shape index (κ2) is 18.3. The average Bonchev–Trinajstić information content (AvgIpc) is 3.88. The summed E-state index contributed by atoms with van der Waals surface area (Å²) < 4.78 is 21.9. The molecule has 0 saturated heterocycles. The number of para-hydroxylation sites is 2. The van der Waals surface area contributed by atoms with E-state index in [1.165, 1.54) is 51.2 Å². The van der Waals surface area contributed by atoms with Crippen LogP contribution in [0.25, 0.3) is 83.6 Å². The van der Waals surface area contributed by atoms with Crippen LogP contribution in [0.4, 0.5) is 4.39 Å². The predicted molar refractivity (Wildman–Crippen MR) is 259 cm³/mol. The fourth-order valence-corrected chi connectivity index (χ4v) is 8.36. The van der Waals surface area contributed by atoms with Gasteiger partial charge in [-0.25, -0.2) is 0 Å². The summed E-state index contributed by atoms with van der Waals surface area (Å²) in [5, 5.41) is 2.15. The molecule has 6 heteroatoms. The first-order chi connectivity index (χ1) is 30.4. The van der Waals surface area contributed by atoms with Crippen LogP contribution in [0.1, 0.15) is 77.0 Å². The van der Waals surface area contributed by atoms with Crippen molar-refractivity contribution in [3.8, 4) is 50.6 Å². The molecular weight excluding hydrogens is 966 g/mol. The van der Waals surface area contributed by atoms with Crippen LogP contribution >= 0.6 is 0 Å². The van der Waals surface area contributed by atoms with E-state index in [1.54, 1.807) is 12.3 Å². The molecule has 64 heavy (non-hydrogen) atoms. The molecule has 0 aliphatic heterocycles. The number of imidazole rings is 1. The quantitative estimate of drug-likeness (QED) is 0.149. The Morgan fingerprint density at radius 2 is 1.30 bits per heavy atom. The summed E-state index contributed by atoms with van der Waals surface area (Å²) in [5.41, 5.74) is 16.0. The molecule has 10 aromatic rings. The summed E-state index contributed by atoms with van der Waals surface area (Å²) in [4.78, 5) is 9.60. The zero-order valence-corrected chi connectivity index (χ0v) is 39.6. The molecule has 0 atom stereocenters. The summed E-state index contributed by atoms with van der Waals surface area (Å²) >= 11 is 0. The Labute approximate surface area is 389 Å². The van der Waals surface area contributed by atoms with Crippen LogP contribution in [0.15, 0.2) is 168 Å². The molecule has 0 aliphatic rings. The molecule has 3 aromatic heterocycles. The summed E-state index contributed by atoms with van der Waals surface area (Å²) in [6.45, 7) is 15.6. The van der Waals surface area contributed by atoms with Gasteiger partial charge in [0.05, 0.1) is 22.4 Å². The number of nitrogens with zero attached hydrogens (tertiary/aromatic N) is 3. The monoisotopic (exact) mass is 1020 g/mol. The normalized spacial score (nSPS) is 11.6. The molecule has 321 valence electrons. The Kier molecular flexibility index (Phi) is 12.6. The molecule has 7 aromatic carbocycles. The van der Waals surface area contributed by atoms with Crippen LogP contribution in [0.2, 0.25) is 0 Å². The smallest absolute Gasteiger partial charge is 0.121 e. The average molecular weight is 1020 g/mol. The van der Waals surface area contributed by atoms with Gasteiger partial charge >= 0.3 is 0 Å². The number of furan rings is 1. The third kappa shape index (κ3) is 8.73. The van der Waals surface area contributed by atoms with Crippen LogP contribution in [-0.4, -0.2) is 14.5 Å². The van der Waals surface area contributed by atoms with Crippen molar-refractivity contribution < 1.29 is 28.9 Å². The number of hydrogen-bond donors (Lipinski definition) is 0. The van der Waals surface area contributed by atoms with Gasteiger partial charge in [0, 0.05) is 43.2 Å². The van der Waals surface area contributed by atoms with E-state index in [1.807, 2.05) is 24.3 Å². The first-order valence-corrected chi connectivity index (χ1v) is 21.7. The van der Waals surface area contributed by atoms with Crippen LogP contribution < -0.4 is 0 Å². The Morgan fingerprint density at radius 1 is 0.641 bits per heavy atom. The first-order valence-electron chi connectivity index (χ1n) is 21.7. The van der Waals surface area contributed by atoms with E-state index in [-0.39, 0.29) is 43.2 Å². The second-order valence-electron chi connectivity index (χ2n) is 17.8. The van der Waals surface area contributed by atoms with E-state index in [9.17, 15) is 4.39 Å². The van der Waals surface area contributed by atoms with Gasteiger partial charge in [-0.1, -0.05) is 150 Å². The van der Waals surface area contributed by atoms with Gasteiger partial charge < -0.3 is 14.0 Å². The Morgan fingerprint density at radius 3 is 1.94 bits per heavy atom. The Bertz CT molecular complexity index is 3190. The van der Waals surface area contributed by atoms with Gasteiger partial charge in [-0.2, -0.15) is 0 Å². The summed E-state index contributed by atoms with van der Waals surface area (Å²) in [6, 6.07) is 59.9. The minimum absolute atomic E-state index is 0. The van der Waals surface area contributed by atoms with Crippen molar-refractivity contribution in [2.45, 2.75) is 65.7 Å². The number of fused-ring (bicyclic) bond motifs is 4. The van der Waals surface area contributed by atoms with E-state index in [0.717, 1.165) is 61.2 Å². The molecule has 3 heterocycles. The number of halogens is 1. The second-order valence-corrected chi connectivity index (χ2v) is 17.8. The summed E-state index contributed by atoms with van der Waals surface area (Å²) in [6.07, 6.45) is 1.78. The van der Waals surface area contributed by atoms with E-state index < -0.39 is 0 Å². The van der Waals surface area contributed by atoms with Crippen molar-refractivity contribution >= 4 is 33.0 Å². The molecule has 10 rings (SSSR count). The summed E-state index contributed by atoms with van der Waals surface area (Å²) in [5.74, 6) is 1.13. The van der Waals surface area contributed by atoms with Crippen molar-refractivity contribution in [2.24, 2.45) is 0 Å². The van der Waals surface area contributed by atoms with Crippen LogP contribution in [0.5, 0.6) is 0 Å². The molecule has 1 radical (unpaired) electrons. The maximum Gasteiger partial charge on any atom is 0.121 e. The van der Waals surface area contributed by atoms with E-state index in [4.69, 9.17) is 9.40 Å². The molecule has 0 fully saturated rings. The molecule has 0 unspecified atom stereocenters. The van der Waals surface area contributed by atoms with E-state index in [2.05, 4.69) is 185 Å². The van der Waals surface area contributed by atoms with Gasteiger partial charge in [-0.05, 0) is 98.3 Å². The Balaban J connectivity index is 0.000000262. The first kappa shape index (κ1) is 44.2. The standard InChI is InChI=1S/C43H35N2O.C15H15FN.Ir/c1-27(2)36-24-32(30-16-9-6-10-17-30)25-37(28(3)4)41(36)45-39-21-12-11-20-38(39)44-43(45)35-19-13-18-34-33-23-22-31(26-40(33)46-42(34)35)29-14-7-5-8-15-29;1-15(2,3)12-8-9-17-14(10-12)11-4-6-13(16)7-5-11;/h5-18,20-28H,1-4H3;4,6-10H,1-3H3;/q2*-1;. The zero-order valence-electron chi connectivity index (χ0n) is 37.2. The van der Waals surface area contributed by atoms with Gasteiger partial charge in [-0.3, -0.25) is 9.37 Å². The molecule has 0 amide bonds. The molecule has 0 N–H and O–H groups in total. The molecule has 0 saturated carbocycles. The Hall–Kier alpha value is -6.46.